The van der Waals surface area contributed by atoms with Crippen LogP contribution in [-0.4, -0.2) is 60.9 Å². The normalized spacial score (nSPS) is 12.2. The lowest BCUT2D eigenvalue weighted by Gasteiger charge is -2.28. The molecule has 0 aromatic carbocycles. The number of aromatic nitrogens is 1. The van der Waals surface area contributed by atoms with Crippen LogP contribution in [0.2, 0.25) is 0 Å². The molecule has 6 nitrogen and oxygen atoms in total. The third-order valence-electron chi connectivity index (χ3n) is 2.77. The van der Waals surface area contributed by atoms with Gasteiger partial charge in [0.25, 0.3) is 5.91 Å². The van der Waals surface area contributed by atoms with Gasteiger partial charge in [0.15, 0.2) is 0 Å². The number of hydrogen-bond donors (Lipinski definition) is 1. The van der Waals surface area contributed by atoms with Gasteiger partial charge in [-0.15, -0.1) is 0 Å². The summed E-state index contributed by atoms with van der Waals surface area (Å²) in [5, 5.41) is 9.69. The van der Waals surface area contributed by atoms with Gasteiger partial charge in [-0.3, -0.25) is 9.78 Å². The van der Waals surface area contributed by atoms with Crippen molar-refractivity contribution in [3.05, 3.63) is 24.0 Å². The minimum absolute atomic E-state index is 0.111. The number of methoxy groups -OCH3 is 2. The predicted octanol–water partition coefficient (Wildman–Crippen LogP) is 0.911. The highest BCUT2D eigenvalue weighted by molar-refractivity contribution is 5.96. The number of rotatable bonds is 7. The molecule has 1 aromatic rings. The molecule has 6 heteroatoms. The van der Waals surface area contributed by atoms with E-state index in [0.29, 0.717) is 19.8 Å². The first kappa shape index (κ1) is 15.4. The van der Waals surface area contributed by atoms with Crippen molar-refractivity contribution in [1.82, 2.24) is 9.88 Å². The fourth-order valence-corrected chi connectivity index (χ4v) is 1.76. The van der Waals surface area contributed by atoms with Crippen LogP contribution in [0.1, 0.15) is 17.3 Å². The number of amides is 1. The van der Waals surface area contributed by atoms with Crippen molar-refractivity contribution in [3.63, 3.8) is 0 Å². The Morgan fingerprint density at radius 3 is 2.79 bits per heavy atom. The summed E-state index contributed by atoms with van der Waals surface area (Å²) in [5.41, 5.74) is 0.231. The van der Waals surface area contributed by atoms with Gasteiger partial charge in [0.1, 0.15) is 5.75 Å². The molecule has 0 saturated carbocycles. The summed E-state index contributed by atoms with van der Waals surface area (Å²) in [5.74, 6) is -0.388. The molecule has 1 heterocycles. The molecule has 1 aromatic heterocycles. The van der Waals surface area contributed by atoms with E-state index in [1.165, 1.54) is 18.5 Å². The van der Waals surface area contributed by atoms with Crippen LogP contribution in [0.25, 0.3) is 0 Å². The number of nitrogens with zero attached hydrogens (tertiary/aromatic N) is 2. The third kappa shape index (κ3) is 4.18. The molecule has 0 aliphatic heterocycles. The first-order valence-electron chi connectivity index (χ1n) is 6.03. The zero-order valence-corrected chi connectivity index (χ0v) is 11.5. The largest absolute Gasteiger partial charge is 0.505 e. The van der Waals surface area contributed by atoms with E-state index in [-0.39, 0.29) is 23.3 Å². The highest BCUT2D eigenvalue weighted by atomic mass is 16.5. The minimum Gasteiger partial charge on any atom is -0.505 e. The summed E-state index contributed by atoms with van der Waals surface area (Å²) in [6.07, 6.45) is 2.73. The van der Waals surface area contributed by atoms with E-state index in [2.05, 4.69) is 4.98 Å². The van der Waals surface area contributed by atoms with Crippen LogP contribution in [0.3, 0.4) is 0 Å². The first-order chi connectivity index (χ1) is 9.11. The van der Waals surface area contributed by atoms with Crippen molar-refractivity contribution < 1.29 is 19.4 Å². The Hall–Kier alpha value is -1.66. The van der Waals surface area contributed by atoms with Crippen LogP contribution in [0, 0.1) is 0 Å². The Balaban J connectivity index is 2.90. The number of hydrogen-bond acceptors (Lipinski definition) is 5. The molecule has 1 atom stereocenters. The van der Waals surface area contributed by atoms with Crippen molar-refractivity contribution in [1.29, 1.82) is 0 Å². The van der Waals surface area contributed by atoms with E-state index < -0.39 is 0 Å². The monoisotopic (exact) mass is 268 g/mol. The van der Waals surface area contributed by atoms with Crippen LogP contribution < -0.4 is 0 Å². The third-order valence-corrected chi connectivity index (χ3v) is 2.77. The average Bonchev–Trinajstić information content (AvgIpc) is 2.39. The lowest BCUT2D eigenvalue weighted by molar-refractivity contribution is 0.0477. The maximum atomic E-state index is 12.4. The second kappa shape index (κ2) is 7.70. The summed E-state index contributed by atoms with van der Waals surface area (Å²) >= 11 is 0. The molecule has 0 aliphatic carbocycles. The minimum atomic E-state index is -0.262. The molecule has 0 bridgehead atoms. The van der Waals surface area contributed by atoms with E-state index >= 15 is 0 Å². The Labute approximate surface area is 113 Å². The van der Waals surface area contributed by atoms with Gasteiger partial charge in [-0.2, -0.15) is 0 Å². The number of pyridine rings is 1. The summed E-state index contributed by atoms with van der Waals surface area (Å²) < 4.78 is 10.1. The van der Waals surface area contributed by atoms with Gasteiger partial charge < -0.3 is 19.5 Å². The average molecular weight is 268 g/mol. The van der Waals surface area contributed by atoms with Gasteiger partial charge in [-0.1, -0.05) is 0 Å². The summed E-state index contributed by atoms with van der Waals surface area (Å²) in [4.78, 5) is 17.8. The fraction of sp³-hybridized carbons (Fsp3) is 0.538. The van der Waals surface area contributed by atoms with Gasteiger partial charge in [0, 0.05) is 27.0 Å². The molecule has 0 saturated heterocycles. The van der Waals surface area contributed by atoms with Crippen molar-refractivity contribution in [3.8, 4) is 5.75 Å². The van der Waals surface area contributed by atoms with Crippen molar-refractivity contribution in [2.75, 3.05) is 34.0 Å². The molecule has 1 rings (SSSR count). The summed E-state index contributed by atoms with van der Waals surface area (Å²) in [7, 11) is 3.16. The molecule has 0 radical (unpaired) electrons. The van der Waals surface area contributed by atoms with E-state index in [4.69, 9.17) is 9.47 Å². The maximum Gasteiger partial charge on any atom is 0.258 e. The SMILES string of the molecule is COCCN(C(=O)c1ccncc1O)C(C)COC. The summed E-state index contributed by atoms with van der Waals surface area (Å²) in [6, 6.07) is 1.39. The van der Waals surface area contributed by atoms with E-state index in [1.54, 1.807) is 19.1 Å². The molecule has 1 unspecified atom stereocenters. The zero-order chi connectivity index (χ0) is 14.3. The van der Waals surface area contributed by atoms with Gasteiger partial charge >= 0.3 is 0 Å². The van der Waals surface area contributed by atoms with Gasteiger partial charge in [0.05, 0.1) is 31.0 Å². The topological polar surface area (TPSA) is 71.9 Å². The van der Waals surface area contributed by atoms with E-state index in [0.717, 1.165) is 0 Å². The molecule has 0 spiro atoms. The standard InChI is InChI=1S/C13H20N2O4/c1-10(9-19-3)15(6-7-18-2)13(17)11-4-5-14-8-12(11)16/h4-5,8,10,16H,6-7,9H2,1-3H3. The molecule has 0 fully saturated rings. The van der Waals surface area contributed by atoms with Crippen LogP contribution in [0.4, 0.5) is 0 Å². The van der Waals surface area contributed by atoms with Gasteiger partial charge in [-0.25, -0.2) is 0 Å². The molecule has 0 aliphatic rings. The van der Waals surface area contributed by atoms with E-state index in [1.807, 2.05) is 6.92 Å². The second-order valence-electron chi connectivity index (χ2n) is 4.19. The van der Waals surface area contributed by atoms with Crippen LogP contribution in [0.5, 0.6) is 5.75 Å². The Morgan fingerprint density at radius 2 is 2.21 bits per heavy atom. The fourth-order valence-electron chi connectivity index (χ4n) is 1.76. The van der Waals surface area contributed by atoms with Crippen LogP contribution in [0.15, 0.2) is 18.5 Å². The Kier molecular flexibility index (Phi) is 6.24. The highest BCUT2D eigenvalue weighted by Crippen LogP contribution is 2.17. The highest BCUT2D eigenvalue weighted by Gasteiger charge is 2.23. The maximum absolute atomic E-state index is 12.4. The van der Waals surface area contributed by atoms with E-state index in [9.17, 15) is 9.90 Å². The number of carbonyl (C=O) groups excluding carboxylic acids is 1. The van der Waals surface area contributed by atoms with Gasteiger partial charge in [-0.05, 0) is 13.0 Å². The molecule has 19 heavy (non-hydrogen) atoms. The van der Waals surface area contributed by atoms with Gasteiger partial charge in [0.2, 0.25) is 0 Å². The Morgan fingerprint density at radius 1 is 1.47 bits per heavy atom. The smallest absolute Gasteiger partial charge is 0.258 e. The number of aromatic hydroxyl groups is 1. The van der Waals surface area contributed by atoms with Crippen molar-refractivity contribution in [2.45, 2.75) is 13.0 Å². The summed E-state index contributed by atoms with van der Waals surface area (Å²) in [6.45, 7) is 3.16. The second-order valence-corrected chi connectivity index (χ2v) is 4.19. The first-order valence-corrected chi connectivity index (χ1v) is 6.03. The molecule has 1 amide bonds. The van der Waals surface area contributed by atoms with Crippen LogP contribution in [-0.2, 0) is 9.47 Å². The van der Waals surface area contributed by atoms with Crippen molar-refractivity contribution >= 4 is 5.91 Å². The Bertz CT molecular complexity index is 411. The number of carbonyl (C=O) groups is 1. The lowest BCUT2D eigenvalue weighted by Crippen LogP contribution is -2.43. The molecular weight excluding hydrogens is 248 g/mol. The quantitative estimate of drug-likeness (QED) is 0.796. The molecular formula is C13H20N2O4. The predicted molar refractivity (Wildman–Crippen MR) is 70.2 cm³/mol. The number of ether oxygens (including phenoxy) is 2. The lowest BCUT2D eigenvalue weighted by atomic mass is 10.2. The van der Waals surface area contributed by atoms with Crippen molar-refractivity contribution in [2.24, 2.45) is 0 Å². The molecule has 1 N–H and O–H groups in total. The molecule has 106 valence electrons. The van der Waals surface area contributed by atoms with Crippen LogP contribution >= 0.6 is 0 Å². The zero-order valence-electron chi connectivity index (χ0n) is 11.5.